The van der Waals surface area contributed by atoms with Crippen LogP contribution in [0, 0.1) is 12.3 Å². The van der Waals surface area contributed by atoms with E-state index in [0.29, 0.717) is 12.6 Å². The number of benzene rings is 2. The number of hydrogen-bond acceptors (Lipinski definition) is 6. The summed E-state index contributed by atoms with van der Waals surface area (Å²) in [7, 11) is 0. The average Bonchev–Trinajstić information content (AvgIpc) is 3.68. The molecule has 0 unspecified atom stereocenters. The van der Waals surface area contributed by atoms with Gasteiger partial charge in [0.2, 0.25) is 0 Å². The molecule has 0 atom stereocenters. The van der Waals surface area contributed by atoms with E-state index >= 15 is 0 Å². The fraction of sp³-hybridized carbons (Fsp3) is 0.452. The van der Waals surface area contributed by atoms with Crippen LogP contribution in [-0.2, 0) is 25.9 Å². The van der Waals surface area contributed by atoms with Crippen molar-refractivity contribution in [2.75, 3.05) is 18.1 Å². The second-order valence-corrected chi connectivity index (χ2v) is 12.0. The summed E-state index contributed by atoms with van der Waals surface area (Å²) in [6.07, 6.45) is 5.74. The SMILES string of the molecule is Cc1nc2ccc(-c3ccc4c(c3)CN(c3nc(CNC5CC5)nc5c3CC(C)(C)CC5)CCO4)cc2[nH]1. The summed E-state index contributed by atoms with van der Waals surface area (Å²) in [4.78, 5) is 20.6. The van der Waals surface area contributed by atoms with Crippen LogP contribution in [-0.4, -0.2) is 39.1 Å². The van der Waals surface area contributed by atoms with Crippen LogP contribution in [0.3, 0.4) is 0 Å². The van der Waals surface area contributed by atoms with E-state index in [1.54, 1.807) is 0 Å². The van der Waals surface area contributed by atoms with Gasteiger partial charge in [-0.15, -0.1) is 0 Å². The van der Waals surface area contributed by atoms with Gasteiger partial charge in [0, 0.05) is 29.4 Å². The lowest BCUT2D eigenvalue weighted by Crippen LogP contribution is -2.32. The number of nitrogens with one attached hydrogen (secondary N) is 2. The third kappa shape index (κ3) is 4.64. The molecule has 3 aliphatic rings. The van der Waals surface area contributed by atoms with Gasteiger partial charge in [-0.05, 0) is 79.8 Å². The van der Waals surface area contributed by atoms with Gasteiger partial charge < -0.3 is 19.9 Å². The van der Waals surface area contributed by atoms with Gasteiger partial charge in [0.25, 0.3) is 0 Å². The van der Waals surface area contributed by atoms with Gasteiger partial charge >= 0.3 is 0 Å². The molecule has 4 aromatic rings. The van der Waals surface area contributed by atoms with Crippen LogP contribution in [0.25, 0.3) is 22.2 Å². The van der Waals surface area contributed by atoms with Crippen molar-refractivity contribution in [3.05, 3.63) is 64.9 Å². The van der Waals surface area contributed by atoms with Gasteiger partial charge in [-0.25, -0.2) is 15.0 Å². The molecule has 1 fully saturated rings. The molecule has 7 rings (SSSR count). The van der Waals surface area contributed by atoms with Crippen LogP contribution in [0.4, 0.5) is 5.82 Å². The smallest absolute Gasteiger partial charge is 0.144 e. The number of aromatic amines is 1. The van der Waals surface area contributed by atoms with E-state index < -0.39 is 0 Å². The van der Waals surface area contributed by atoms with Gasteiger partial charge in [0.15, 0.2) is 0 Å². The summed E-state index contributed by atoms with van der Waals surface area (Å²) in [5.74, 6) is 3.93. The number of aromatic nitrogens is 4. The highest BCUT2D eigenvalue weighted by atomic mass is 16.5. The summed E-state index contributed by atoms with van der Waals surface area (Å²) >= 11 is 0. The second kappa shape index (κ2) is 9.09. The zero-order chi connectivity index (χ0) is 25.9. The van der Waals surface area contributed by atoms with E-state index in [4.69, 9.17) is 14.7 Å². The Morgan fingerprint density at radius 2 is 1.92 bits per heavy atom. The predicted molar refractivity (Wildman–Crippen MR) is 151 cm³/mol. The molecular weight excluding hydrogens is 472 g/mol. The van der Waals surface area contributed by atoms with Gasteiger partial charge in [-0.2, -0.15) is 0 Å². The maximum Gasteiger partial charge on any atom is 0.144 e. The molecule has 2 aliphatic carbocycles. The quantitative estimate of drug-likeness (QED) is 0.371. The molecule has 196 valence electrons. The lowest BCUT2D eigenvalue weighted by atomic mass is 9.76. The molecule has 3 heterocycles. The zero-order valence-corrected chi connectivity index (χ0v) is 22.6. The number of hydrogen-bond donors (Lipinski definition) is 2. The van der Waals surface area contributed by atoms with E-state index in [9.17, 15) is 0 Å². The summed E-state index contributed by atoms with van der Waals surface area (Å²) in [6.45, 7) is 9.70. The Hall–Kier alpha value is -3.45. The lowest BCUT2D eigenvalue weighted by Gasteiger charge is -2.34. The Kier molecular flexibility index (Phi) is 5.65. The first-order valence-corrected chi connectivity index (χ1v) is 14.0. The topological polar surface area (TPSA) is 79.0 Å². The Balaban J connectivity index is 1.24. The molecule has 7 heteroatoms. The number of anilines is 1. The Bertz CT molecular complexity index is 1520. The van der Waals surface area contributed by atoms with E-state index in [2.05, 4.69) is 70.4 Å². The fourth-order valence-electron chi connectivity index (χ4n) is 5.91. The summed E-state index contributed by atoms with van der Waals surface area (Å²) in [5.41, 5.74) is 8.45. The molecule has 2 N–H and O–H groups in total. The highest BCUT2D eigenvalue weighted by molar-refractivity contribution is 5.82. The summed E-state index contributed by atoms with van der Waals surface area (Å²) < 4.78 is 6.25. The molecular formula is C31H36N6O. The highest BCUT2D eigenvalue weighted by Gasteiger charge is 2.32. The van der Waals surface area contributed by atoms with E-state index in [1.165, 1.54) is 47.2 Å². The average molecular weight is 509 g/mol. The third-order valence-electron chi connectivity index (χ3n) is 8.21. The van der Waals surface area contributed by atoms with Crippen LogP contribution in [0.15, 0.2) is 36.4 Å². The monoisotopic (exact) mass is 508 g/mol. The first kappa shape index (κ1) is 23.7. The zero-order valence-electron chi connectivity index (χ0n) is 22.6. The molecule has 0 amide bonds. The van der Waals surface area contributed by atoms with Crippen molar-refractivity contribution in [3.63, 3.8) is 0 Å². The van der Waals surface area contributed by atoms with Crippen molar-refractivity contribution in [2.45, 2.75) is 72.0 Å². The number of H-pyrrole nitrogens is 1. The molecule has 7 nitrogen and oxygen atoms in total. The first-order valence-electron chi connectivity index (χ1n) is 14.0. The largest absolute Gasteiger partial charge is 0.491 e. The van der Waals surface area contributed by atoms with Crippen LogP contribution >= 0.6 is 0 Å². The van der Waals surface area contributed by atoms with Crippen molar-refractivity contribution in [2.24, 2.45) is 5.41 Å². The molecule has 0 saturated heterocycles. The number of ether oxygens (including phenoxy) is 1. The molecule has 0 bridgehead atoms. The van der Waals surface area contributed by atoms with Gasteiger partial charge in [-0.1, -0.05) is 26.0 Å². The lowest BCUT2D eigenvalue weighted by molar-refractivity contribution is 0.310. The minimum absolute atomic E-state index is 0.260. The van der Waals surface area contributed by atoms with Gasteiger partial charge in [0.05, 0.1) is 24.1 Å². The van der Waals surface area contributed by atoms with Crippen LogP contribution in [0.1, 0.15) is 61.6 Å². The molecule has 38 heavy (non-hydrogen) atoms. The number of rotatable bonds is 5. The Morgan fingerprint density at radius 3 is 2.79 bits per heavy atom. The standard InChI is InChI=1S/C31H36N6O/c1-19-33-26-8-4-21(15-27(26)34-19)20-5-9-28-22(14-20)18-37(12-13-38-28)30-24-16-31(2,3)11-10-25(24)35-29(36-30)17-32-23-6-7-23/h4-5,8-9,14-15,23,32H,6-7,10-13,16-18H2,1-3H3,(H,33,34). The van der Waals surface area contributed by atoms with Crippen molar-refractivity contribution in [1.82, 2.24) is 25.3 Å². The van der Waals surface area contributed by atoms with Gasteiger partial charge in [-0.3, -0.25) is 0 Å². The van der Waals surface area contributed by atoms with Crippen molar-refractivity contribution >= 4 is 16.9 Å². The first-order chi connectivity index (χ1) is 18.4. The summed E-state index contributed by atoms with van der Waals surface area (Å²) in [6, 6.07) is 13.6. The highest BCUT2D eigenvalue weighted by Crippen LogP contribution is 2.39. The van der Waals surface area contributed by atoms with Crippen molar-refractivity contribution in [1.29, 1.82) is 0 Å². The maximum atomic E-state index is 6.25. The van der Waals surface area contributed by atoms with Crippen molar-refractivity contribution < 1.29 is 4.74 Å². The van der Waals surface area contributed by atoms with Gasteiger partial charge in [0.1, 0.15) is 29.8 Å². The number of aryl methyl sites for hydroxylation is 2. The van der Waals surface area contributed by atoms with E-state index in [1.807, 2.05) is 6.92 Å². The van der Waals surface area contributed by atoms with E-state index in [0.717, 1.165) is 66.7 Å². The van der Waals surface area contributed by atoms with E-state index in [-0.39, 0.29) is 5.41 Å². The molecule has 1 saturated carbocycles. The normalized spacial score (nSPS) is 18.6. The minimum atomic E-state index is 0.260. The molecule has 0 spiro atoms. The maximum absolute atomic E-state index is 6.25. The minimum Gasteiger partial charge on any atom is -0.491 e. The predicted octanol–water partition coefficient (Wildman–Crippen LogP) is 5.49. The molecule has 2 aromatic heterocycles. The van der Waals surface area contributed by atoms with Crippen LogP contribution in [0.5, 0.6) is 5.75 Å². The molecule has 1 aliphatic heterocycles. The Morgan fingerprint density at radius 1 is 1.08 bits per heavy atom. The third-order valence-corrected chi connectivity index (χ3v) is 8.21. The second-order valence-electron chi connectivity index (χ2n) is 12.0. The fourth-order valence-corrected chi connectivity index (χ4v) is 5.91. The number of nitrogens with zero attached hydrogens (tertiary/aromatic N) is 4. The van der Waals surface area contributed by atoms with Crippen LogP contribution in [0.2, 0.25) is 0 Å². The Labute approximate surface area is 224 Å². The molecule has 2 aromatic carbocycles. The number of imidazole rings is 1. The summed E-state index contributed by atoms with van der Waals surface area (Å²) in [5, 5.41) is 3.62. The van der Waals surface area contributed by atoms with Crippen LogP contribution < -0.4 is 15.0 Å². The number of fused-ring (bicyclic) bond motifs is 3. The molecule has 0 radical (unpaired) electrons. The van der Waals surface area contributed by atoms with Crippen molar-refractivity contribution in [3.8, 4) is 16.9 Å².